The molecule has 5 aromatic rings. The van der Waals surface area contributed by atoms with Crippen LogP contribution in [-0.4, -0.2) is 73.3 Å². The molecule has 0 aliphatic rings. The van der Waals surface area contributed by atoms with Gasteiger partial charge in [0.1, 0.15) is 11.5 Å². The van der Waals surface area contributed by atoms with Gasteiger partial charge in [-0.15, -0.1) is 24.8 Å². The Balaban J connectivity index is -0.000000397. The molecular formula is C61H103BrCl2N4O2P2Pd+2. The van der Waals surface area contributed by atoms with E-state index in [1.165, 1.54) is 16.9 Å². The maximum atomic E-state index is 5.51. The van der Waals surface area contributed by atoms with Gasteiger partial charge >= 0.3 is 0 Å². The molecule has 0 fully saturated rings. The van der Waals surface area contributed by atoms with Gasteiger partial charge in [-0.25, -0.2) is 0 Å². The van der Waals surface area contributed by atoms with Gasteiger partial charge in [-0.1, -0.05) is 64.0 Å². The van der Waals surface area contributed by atoms with Crippen LogP contribution in [0.4, 0.5) is 28.4 Å². The van der Waals surface area contributed by atoms with Crippen molar-refractivity contribution in [2.24, 2.45) is 0 Å². The zero-order valence-electron chi connectivity index (χ0n) is 49.9. The van der Waals surface area contributed by atoms with Crippen LogP contribution in [0.1, 0.15) is 130 Å². The second-order valence-corrected chi connectivity index (χ2v) is 35.8. The van der Waals surface area contributed by atoms with Gasteiger partial charge in [0.2, 0.25) is 0 Å². The molecule has 0 aliphatic heterocycles. The average molecular weight is 1240 g/mol. The van der Waals surface area contributed by atoms with Crippen LogP contribution >= 0.6 is 56.6 Å². The number of halogens is 3. The molecule has 0 radical (unpaired) electrons. The number of methoxy groups -OCH3 is 2. The first kappa shape index (κ1) is 77.0. The number of ether oxygens (including phenoxy) is 2. The Morgan fingerprint density at radius 1 is 0.438 bits per heavy atom. The van der Waals surface area contributed by atoms with Crippen LogP contribution in [0.3, 0.4) is 0 Å². The van der Waals surface area contributed by atoms with Gasteiger partial charge < -0.3 is 30.3 Å². The fraction of sp³-hybridized carbons (Fsp3) is 0.508. The summed E-state index contributed by atoms with van der Waals surface area (Å²) in [4.78, 5) is 4.12. The van der Waals surface area contributed by atoms with Gasteiger partial charge in [0.05, 0.1) is 45.2 Å². The topological polar surface area (TPSA) is 63.0 Å². The fourth-order valence-electron chi connectivity index (χ4n) is 10.4. The zero-order chi connectivity index (χ0) is 54.5. The van der Waals surface area contributed by atoms with Crippen molar-refractivity contribution in [1.29, 1.82) is 0 Å². The molecule has 73 heavy (non-hydrogen) atoms. The predicted octanol–water partition coefficient (Wildman–Crippen LogP) is 19.3. The smallest absolute Gasteiger partial charge is 0.120 e. The Kier molecular flexibility index (Phi) is 36.9. The van der Waals surface area contributed by atoms with E-state index < -0.39 is 15.8 Å². The molecule has 0 heterocycles. The van der Waals surface area contributed by atoms with E-state index in [0.717, 1.165) is 33.0 Å². The standard InChI is InChI=1S/C15H18N2O.2C12H27P.C8H12N2.C7H7BrO.C7H8.2ClH.Pd/c1-17(2)14-9-7-12(8-10-14)16-13-5-4-6-15(11-13)18-3;2*1-10(2,3)13(11(4,5)6)12(7,8)9;1-10(2)8-5-3-7(9)4-6-8;1-9-7-4-2-3-6(8)5-7;1-7-5-3-2-4-6-7;;;/h4-11,16H,1-3H3;2*1-9H3;3-6H,9H2,1-2H3;2-5H,1H3;2-6H,1H3;2*1H;/p+2. The number of nitrogens with one attached hydrogen (secondary N) is 1. The second-order valence-electron chi connectivity index (χ2n) is 24.4. The van der Waals surface area contributed by atoms with Crippen LogP contribution in [0, 0.1) is 6.92 Å². The summed E-state index contributed by atoms with van der Waals surface area (Å²) in [5.41, 5.74) is 12.1. The number of hydrogen-bond donors (Lipinski definition) is 2. The van der Waals surface area contributed by atoms with Crippen molar-refractivity contribution in [1.82, 2.24) is 0 Å². The van der Waals surface area contributed by atoms with Crippen molar-refractivity contribution < 1.29 is 29.9 Å². The summed E-state index contributed by atoms with van der Waals surface area (Å²) in [5, 5.41) is 6.27. The number of benzene rings is 5. The van der Waals surface area contributed by atoms with Gasteiger partial charge in [-0.2, -0.15) is 0 Å². The van der Waals surface area contributed by atoms with Crippen molar-refractivity contribution in [2.45, 2.75) is 162 Å². The van der Waals surface area contributed by atoms with Crippen molar-refractivity contribution in [2.75, 3.05) is 63.3 Å². The largest absolute Gasteiger partial charge is 0.497 e. The van der Waals surface area contributed by atoms with E-state index in [2.05, 4.69) is 194 Å². The molecule has 0 atom stereocenters. The zero-order valence-corrected chi connectivity index (χ0v) is 56.7. The third-order valence-corrected chi connectivity index (χ3v) is 20.1. The summed E-state index contributed by atoms with van der Waals surface area (Å²) in [6, 6.07) is 42.0. The van der Waals surface area contributed by atoms with Crippen LogP contribution in [0.5, 0.6) is 11.5 Å². The number of aryl methyl sites for hydroxylation is 1. The summed E-state index contributed by atoms with van der Waals surface area (Å²) in [7, 11) is 10.6. The Hall–Kier alpha value is -2.52. The molecule has 418 valence electrons. The third kappa shape index (κ3) is 33.3. The Morgan fingerprint density at radius 2 is 0.767 bits per heavy atom. The number of nitrogens with two attached hydrogens (primary N) is 1. The molecule has 0 aliphatic carbocycles. The first-order valence-corrected chi connectivity index (χ1v) is 28.4. The normalized spacial score (nSPS) is 11.1. The van der Waals surface area contributed by atoms with Crippen LogP contribution in [0.2, 0.25) is 0 Å². The van der Waals surface area contributed by atoms with Crippen molar-refractivity contribution in [3.63, 3.8) is 0 Å². The third-order valence-electron chi connectivity index (χ3n) is 10.6. The predicted molar refractivity (Wildman–Crippen MR) is 344 cm³/mol. The van der Waals surface area contributed by atoms with Gasteiger partial charge in [-0.05, 0) is 210 Å². The van der Waals surface area contributed by atoms with Gasteiger partial charge in [0, 0.05) is 103 Å². The minimum atomic E-state index is -0.391. The van der Waals surface area contributed by atoms with E-state index in [9.17, 15) is 0 Å². The molecule has 5 aromatic carbocycles. The molecule has 0 saturated carbocycles. The molecule has 3 N–H and O–H groups in total. The quantitative estimate of drug-likeness (QED) is 0.100. The SMILES string of the molecule is CC(C)(C)[PH+](C(C)(C)C)C(C)(C)C.CC(C)(C)[PH+](C(C)(C)C)C(C)(C)C.CN(C)c1ccc(N)cc1.COc1cccc(Br)c1.COc1cccc(Nc2ccc(N(C)C)cc2)c1.Cc1ccccc1.Cl.Cl.[Pd]. The van der Waals surface area contributed by atoms with Crippen molar-refractivity contribution in [3.8, 4) is 11.5 Å². The summed E-state index contributed by atoms with van der Waals surface area (Å²) in [6.45, 7) is 45.3. The molecule has 0 spiro atoms. The summed E-state index contributed by atoms with van der Waals surface area (Å²) >= 11 is 3.32. The Labute approximate surface area is 486 Å². The molecule has 6 nitrogen and oxygen atoms in total. The summed E-state index contributed by atoms with van der Waals surface area (Å²) in [6.07, 6.45) is 0. The van der Waals surface area contributed by atoms with E-state index in [1.807, 2.05) is 124 Å². The number of anilines is 5. The molecule has 0 aromatic heterocycles. The molecule has 0 saturated heterocycles. The van der Waals surface area contributed by atoms with Crippen molar-refractivity contribution >= 4 is 85.0 Å². The Bertz CT molecular complexity index is 2070. The van der Waals surface area contributed by atoms with Gasteiger partial charge in [0.15, 0.2) is 0 Å². The van der Waals surface area contributed by atoms with Crippen LogP contribution in [0.25, 0.3) is 0 Å². The molecule has 12 heteroatoms. The minimum Gasteiger partial charge on any atom is -0.497 e. The van der Waals surface area contributed by atoms with E-state index in [0.29, 0.717) is 30.9 Å². The number of nitrogens with zero attached hydrogens (tertiary/aromatic N) is 2. The van der Waals surface area contributed by atoms with E-state index in [1.54, 1.807) is 14.2 Å². The Morgan fingerprint density at radius 3 is 1.03 bits per heavy atom. The minimum absolute atomic E-state index is 0. The monoisotopic (exact) mass is 1240 g/mol. The molecule has 0 unspecified atom stereocenters. The molecule has 0 amide bonds. The first-order valence-electron chi connectivity index (χ1n) is 24.6. The van der Waals surface area contributed by atoms with Gasteiger partial charge in [-0.3, -0.25) is 0 Å². The van der Waals surface area contributed by atoms with Crippen LogP contribution in [0.15, 0.2) is 132 Å². The van der Waals surface area contributed by atoms with E-state index in [-0.39, 0.29) is 45.2 Å². The number of rotatable bonds is 6. The summed E-state index contributed by atoms with van der Waals surface area (Å²) in [5.74, 6) is 1.73. The maximum Gasteiger partial charge on any atom is 0.120 e. The molecule has 5 rings (SSSR count). The number of nitrogen functional groups attached to an aromatic ring is 1. The first-order chi connectivity index (χ1) is 31.8. The van der Waals surface area contributed by atoms with Gasteiger partial charge in [0.25, 0.3) is 0 Å². The fourth-order valence-corrected chi connectivity index (χ4v) is 24.2. The maximum absolute atomic E-state index is 5.51. The second kappa shape index (κ2) is 35.0. The molecule has 0 bridgehead atoms. The van der Waals surface area contributed by atoms with Crippen molar-refractivity contribution in [3.05, 3.63) is 137 Å². The summed E-state index contributed by atoms with van der Waals surface area (Å²) < 4.78 is 11.2. The van der Waals surface area contributed by atoms with Crippen LogP contribution in [-0.2, 0) is 20.4 Å². The number of hydrogen-bond acceptors (Lipinski definition) is 6. The van der Waals surface area contributed by atoms with E-state index >= 15 is 0 Å². The van der Waals surface area contributed by atoms with E-state index in [4.69, 9.17) is 15.2 Å². The average Bonchev–Trinajstić information content (AvgIpc) is 3.19. The molecular weight excluding hydrogens is 1140 g/mol. The van der Waals surface area contributed by atoms with Crippen LogP contribution < -0.4 is 30.3 Å².